The summed E-state index contributed by atoms with van der Waals surface area (Å²) in [6.07, 6.45) is 1.77. The van der Waals surface area contributed by atoms with Crippen LogP contribution in [0.25, 0.3) is 0 Å². The van der Waals surface area contributed by atoms with Gasteiger partial charge in [-0.3, -0.25) is 9.36 Å². The number of aromatic nitrogens is 3. The van der Waals surface area contributed by atoms with Crippen molar-refractivity contribution in [1.82, 2.24) is 14.8 Å². The second-order valence-corrected chi connectivity index (χ2v) is 8.93. The molecule has 1 heterocycles. The zero-order chi connectivity index (χ0) is 23.3. The van der Waals surface area contributed by atoms with Crippen molar-refractivity contribution < 1.29 is 9.53 Å². The summed E-state index contributed by atoms with van der Waals surface area (Å²) >= 11 is 7.57. The summed E-state index contributed by atoms with van der Waals surface area (Å²) in [6.45, 7) is 12.4. The summed E-state index contributed by atoms with van der Waals surface area (Å²) in [5.41, 5.74) is 4.86. The van der Waals surface area contributed by atoms with Crippen LogP contribution < -0.4 is 10.1 Å². The van der Waals surface area contributed by atoms with Crippen LogP contribution in [0.3, 0.4) is 0 Å². The SMILES string of the molecule is C=CCn1c(COc2cc(C)c(Cl)c(C)c2)nnc1SCC(=O)Nc1cc(C)ccc1C. The third-order valence-corrected chi connectivity index (χ3v) is 6.45. The van der Waals surface area contributed by atoms with E-state index in [9.17, 15) is 4.79 Å². The van der Waals surface area contributed by atoms with Crippen LogP contribution >= 0.6 is 23.4 Å². The zero-order valence-corrected chi connectivity index (χ0v) is 20.3. The van der Waals surface area contributed by atoms with Crippen LogP contribution in [0, 0.1) is 27.7 Å². The van der Waals surface area contributed by atoms with Gasteiger partial charge in [-0.25, -0.2) is 0 Å². The Hall–Kier alpha value is -2.77. The highest BCUT2D eigenvalue weighted by molar-refractivity contribution is 7.99. The Kier molecular flexibility index (Phi) is 7.99. The molecule has 0 unspecified atom stereocenters. The largest absolute Gasteiger partial charge is 0.486 e. The molecule has 32 heavy (non-hydrogen) atoms. The van der Waals surface area contributed by atoms with E-state index in [2.05, 4.69) is 22.1 Å². The molecule has 3 aromatic rings. The monoisotopic (exact) mass is 470 g/mol. The Bertz CT molecular complexity index is 1120. The summed E-state index contributed by atoms with van der Waals surface area (Å²) in [7, 11) is 0. The molecule has 0 saturated carbocycles. The van der Waals surface area contributed by atoms with E-state index in [0.29, 0.717) is 17.5 Å². The van der Waals surface area contributed by atoms with Crippen molar-refractivity contribution in [2.24, 2.45) is 0 Å². The van der Waals surface area contributed by atoms with Gasteiger partial charge in [0.1, 0.15) is 12.4 Å². The van der Waals surface area contributed by atoms with Gasteiger partial charge in [-0.05, 0) is 68.1 Å². The number of hydrogen-bond acceptors (Lipinski definition) is 5. The summed E-state index contributed by atoms with van der Waals surface area (Å²) in [5.74, 6) is 1.51. The van der Waals surface area contributed by atoms with Crippen LogP contribution in [0.15, 0.2) is 48.1 Å². The predicted molar refractivity (Wildman–Crippen MR) is 131 cm³/mol. The number of anilines is 1. The molecule has 2 aromatic carbocycles. The number of carbonyl (C=O) groups is 1. The number of carbonyl (C=O) groups excluding carboxylic acids is 1. The number of benzene rings is 2. The van der Waals surface area contributed by atoms with Gasteiger partial charge in [-0.2, -0.15) is 0 Å². The molecule has 0 aliphatic carbocycles. The minimum absolute atomic E-state index is 0.0956. The number of rotatable bonds is 9. The lowest BCUT2D eigenvalue weighted by molar-refractivity contribution is -0.113. The minimum Gasteiger partial charge on any atom is -0.486 e. The molecule has 6 nitrogen and oxygen atoms in total. The molecule has 0 spiro atoms. The van der Waals surface area contributed by atoms with Crippen LogP contribution in [-0.2, 0) is 17.9 Å². The first-order valence-corrected chi connectivity index (χ1v) is 11.6. The van der Waals surface area contributed by atoms with E-state index in [0.717, 1.165) is 38.7 Å². The van der Waals surface area contributed by atoms with Gasteiger partial charge in [0.15, 0.2) is 11.0 Å². The van der Waals surface area contributed by atoms with Gasteiger partial charge in [-0.15, -0.1) is 16.8 Å². The van der Waals surface area contributed by atoms with Crippen molar-refractivity contribution in [2.75, 3.05) is 11.1 Å². The van der Waals surface area contributed by atoms with Gasteiger partial charge >= 0.3 is 0 Å². The van der Waals surface area contributed by atoms with E-state index in [-0.39, 0.29) is 18.3 Å². The number of amides is 1. The molecule has 0 fully saturated rings. The topological polar surface area (TPSA) is 69.0 Å². The van der Waals surface area contributed by atoms with Gasteiger partial charge < -0.3 is 10.1 Å². The molecular formula is C24H27ClN4O2S. The van der Waals surface area contributed by atoms with Gasteiger partial charge in [0.05, 0.1) is 5.75 Å². The average molecular weight is 471 g/mol. The zero-order valence-electron chi connectivity index (χ0n) is 18.7. The Morgan fingerprint density at radius 3 is 2.56 bits per heavy atom. The summed E-state index contributed by atoms with van der Waals surface area (Å²) < 4.78 is 7.83. The molecule has 0 saturated heterocycles. The Labute approximate surface area is 198 Å². The van der Waals surface area contributed by atoms with Crippen molar-refractivity contribution in [2.45, 2.75) is 46.0 Å². The number of nitrogens with zero attached hydrogens (tertiary/aromatic N) is 3. The lowest BCUT2D eigenvalue weighted by Crippen LogP contribution is -2.15. The summed E-state index contributed by atoms with van der Waals surface area (Å²) in [5, 5.41) is 12.9. The normalized spacial score (nSPS) is 10.8. The molecule has 3 rings (SSSR count). The third kappa shape index (κ3) is 5.93. The molecule has 8 heteroatoms. The summed E-state index contributed by atoms with van der Waals surface area (Å²) in [4.78, 5) is 12.5. The van der Waals surface area contributed by atoms with Crippen molar-refractivity contribution in [1.29, 1.82) is 0 Å². The highest BCUT2D eigenvalue weighted by Crippen LogP contribution is 2.27. The van der Waals surface area contributed by atoms with Crippen LogP contribution in [0.1, 0.15) is 28.1 Å². The van der Waals surface area contributed by atoms with Crippen LogP contribution in [0.5, 0.6) is 5.75 Å². The number of ether oxygens (including phenoxy) is 1. The molecular weight excluding hydrogens is 444 g/mol. The molecule has 0 radical (unpaired) electrons. The average Bonchev–Trinajstić information content (AvgIpc) is 3.13. The number of hydrogen-bond donors (Lipinski definition) is 1. The first-order chi connectivity index (χ1) is 15.3. The fourth-order valence-corrected chi connectivity index (χ4v) is 4.05. The van der Waals surface area contributed by atoms with Gasteiger partial charge in [0.25, 0.3) is 0 Å². The van der Waals surface area contributed by atoms with Gasteiger partial charge in [-0.1, -0.05) is 41.6 Å². The van der Waals surface area contributed by atoms with E-state index in [1.165, 1.54) is 11.8 Å². The standard InChI is InChI=1S/C24H27ClN4O2S/c1-6-9-29-21(13-31-19-11-17(4)23(25)18(5)12-19)27-28-24(29)32-14-22(30)26-20-10-15(2)7-8-16(20)3/h6-8,10-12H,1,9,13-14H2,2-5H3,(H,26,30). The molecule has 1 N–H and O–H groups in total. The Balaban J connectivity index is 1.65. The van der Waals surface area contributed by atoms with E-state index in [4.69, 9.17) is 16.3 Å². The first-order valence-electron chi connectivity index (χ1n) is 10.2. The predicted octanol–water partition coefficient (Wildman–Crippen LogP) is 5.66. The maximum Gasteiger partial charge on any atom is 0.234 e. The van der Waals surface area contributed by atoms with E-state index in [1.54, 1.807) is 6.08 Å². The van der Waals surface area contributed by atoms with Crippen molar-refractivity contribution >= 4 is 35.0 Å². The smallest absolute Gasteiger partial charge is 0.234 e. The number of halogens is 1. The molecule has 1 amide bonds. The van der Waals surface area contributed by atoms with Gasteiger partial charge in [0, 0.05) is 17.3 Å². The maximum atomic E-state index is 12.5. The lowest BCUT2D eigenvalue weighted by atomic mass is 10.1. The Morgan fingerprint density at radius 2 is 1.88 bits per heavy atom. The molecule has 1 aromatic heterocycles. The second-order valence-electron chi connectivity index (χ2n) is 7.61. The highest BCUT2D eigenvalue weighted by atomic mass is 35.5. The van der Waals surface area contributed by atoms with Crippen LogP contribution in [0.2, 0.25) is 5.02 Å². The molecule has 0 aliphatic heterocycles. The number of nitrogens with one attached hydrogen (secondary N) is 1. The highest BCUT2D eigenvalue weighted by Gasteiger charge is 2.15. The molecule has 0 atom stereocenters. The minimum atomic E-state index is -0.0956. The van der Waals surface area contributed by atoms with E-state index in [1.807, 2.05) is 62.6 Å². The maximum absolute atomic E-state index is 12.5. The quantitative estimate of drug-likeness (QED) is 0.322. The van der Waals surface area contributed by atoms with Crippen molar-refractivity contribution in [3.63, 3.8) is 0 Å². The molecule has 0 bridgehead atoms. The molecule has 0 aliphatic rings. The Morgan fingerprint density at radius 1 is 1.16 bits per heavy atom. The number of aryl methyl sites for hydroxylation is 4. The van der Waals surface area contributed by atoms with Crippen LogP contribution in [0.4, 0.5) is 5.69 Å². The van der Waals surface area contributed by atoms with E-state index >= 15 is 0 Å². The second kappa shape index (κ2) is 10.7. The van der Waals surface area contributed by atoms with Gasteiger partial charge in [0.2, 0.25) is 5.91 Å². The number of allylic oxidation sites excluding steroid dienone is 1. The van der Waals surface area contributed by atoms with Crippen molar-refractivity contribution in [3.05, 3.63) is 76.1 Å². The first kappa shape index (κ1) is 23.9. The summed E-state index contributed by atoms with van der Waals surface area (Å²) in [6, 6.07) is 9.78. The van der Waals surface area contributed by atoms with E-state index < -0.39 is 0 Å². The van der Waals surface area contributed by atoms with Crippen molar-refractivity contribution in [3.8, 4) is 5.75 Å². The third-order valence-electron chi connectivity index (χ3n) is 4.88. The molecule has 168 valence electrons. The van der Waals surface area contributed by atoms with Crippen LogP contribution in [-0.4, -0.2) is 26.4 Å². The number of thioether (sulfide) groups is 1. The fourth-order valence-electron chi connectivity index (χ4n) is 3.17. The lowest BCUT2D eigenvalue weighted by Gasteiger charge is -2.11. The fraction of sp³-hybridized carbons (Fsp3) is 0.292.